The van der Waals surface area contributed by atoms with Crippen molar-refractivity contribution in [1.29, 1.82) is 0 Å². The number of rotatable bonds is 2. The molecule has 2 heterocycles. The van der Waals surface area contributed by atoms with Gasteiger partial charge in [0.2, 0.25) is 0 Å². The van der Waals surface area contributed by atoms with E-state index in [0.717, 1.165) is 28.6 Å². The number of thioether (sulfide) groups is 1. The van der Waals surface area contributed by atoms with Crippen LogP contribution in [-0.2, 0) is 0 Å². The van der Waals surface area contributed by atoms with Gasteiger partial charge in [-0.05, 0) is 34.1 Å². The van der Waals surface area contributed by atoms with Gasteiger partial charge < -0.3 is 9.84 Å². The van der Waals surface area contributed by atoms with Crippen LogP contribution in [-0.4, -0.2) is 21.6 Å². The van der Waals surface area contributed by atoms with Crippen LogP contribution >= 0.6 is 11.8 Å². The highest BCUT2D eigenvalue weighted by Gasteiger charge is 2.22. The molecule has 5 heteroatoms. The number of amidine groups is 1. The Hall–Kier alpha value is -0.970. The van der Waals surface area contributed by atoms with Crippen LogP contribution in [0.3, 0.4) is 0 Å². The summed E-state index contributed by atoms with van der Waals surface area (Å²) in [5.74, 6) is 0.884. The molecular weight excluding hydrogens is 246 g/mol. The van der Waals surface area contributed by atoms with Crippen molar-refractivity contribution >= 4 is 16.9 Å². The van der Waals surface area contributed by atoms with Gasteiger partial charge in [-0.2, -0.15) is 0 Å². The Morgan fingerprint density at radius 2 is 2.11 bits per heavy atom. The van der Waals surface area contributed by atoms with Gasteiger partial charge in [-0.3, -0.25) is 4.99 Å². The summed E-state index contributed by atoms with van der Waals surface area (Å²) in [5.41, 5.74) is 2.10. The Morgan fingerprint density at radius 3 is 2.67 bits per heavy atom. The summed E-state index contributed by atoms with van der Waals surface area (Å²) in [4.78, 5) is 4.66. The van der Waals surface area contributed by atoms with E-state index < -0.39 is 0 Å². The monoisotopic (exact) mass is 267 g/mol. The van der Waals surface area contributed by atoms with Crippen LogP contribution in [0.5, 0.6) is 0 Å². The average Bonchev–Trinajstić information content (AvgIpc) is 2.56. The maximum absolute atomic E-state index is 5.21. The molecule has 0 saturated heterocycles. The first-order chi connectivity index (χ1) is 8.47. The molecule has 1 aliphatic heterocycles. The van der Waals surface area contributed by atoms with E-state index >= 15 is 0 Å². The molecule has 0 spiro atoms. The molecule has 2 rings (SSSR count). The molecule has 3 atom stereocenters. The second kappa shape index (κ2) is 5.34. The zero-order chi connectivity index (χ0) is 13.3. The lowest BCUT2D eigenvalue weighted by Crippen LogP contribution is -2.31. The van der Waals surface area contributed by atoms with Gasteiger partial charge in [-0.15, -0.1) is 0 Å². The third-order valence-corrected chi connectivity index (χ3v) is 4.23. The van der Waals surface area contributed by atoms with Crippen molar-refractivity contribution in [3.05, 3.63) is 17.0 Å². The smallest absolute Gasteiger partial charge is 0.157 e. The standard InChI is InChI=1S/C13H21N3OS/c1-7-6-8(2)18-13(14-7)15-9(3)12-10(4)16-17-11(12)5/h7-9H,6H2,1-5H3,(H,14,15). The van der Waals surface area contributed by atoms with Crippen LogP contribution in [0.2, 0.25) is 0 Å². The van der Waals surface area contributed by atoms with Gasteiger partial charge >= 0.3 is 0 Å². The highest BCUT2D eigenvalue weighted by atomic mass is 32.2. The quantitative estimate of drug-likeness (QED) is 0.894. The van der Waals surface area contributed by atoms with Gasteiger partial charge in [0.1, 0.15) is 5.76 Å². The molecule has 0 aromatic carbocycles. The number of aryl methyl sites for hydroxylation is 2. The zero-order valence-corrected chi connectivity index (χ0v) is 12.5. The fourth-order valence-electron chi connectivity index (χ4n) is 2.44. The third-order valence-electron chi connectivity index (χ3n) is 3.19. The van der Waals surface area contributed by atoms with E-state index in [-0.39, 0.29) is 6.04 Å². The van der Waals surface area contributed by atoms with E-state index in [0.29, 0.717) is 11.3 Å². The van der Waals surface area contributed by atoms with Crippen molar-refractivity contribution in [2.24, 2.45) is 4.99 Å². The van der Waals surface area contributed by atoms with Crippen molar-refractivity contribution < 1.29 is 4.52 Å². The number of nitrogens with one attached hydrogen (secondary N) is 1. The molecule has 0 radical (unpaired) electrons. The van der Waals surface area contributed by atoms with Crippen molar-refractivity contribution in [2.45, 2.75) is 58.4 Å². The first-order valence-corrected chi connectivity index (χ1v) is 7.29. The summed E-state index contributed by atoms with van der Waals surface area (Å²) in [6.07, 6.45) is 1.15. The van der Waals surface area contributed by atoms with Crippen molar-refractivity contribution in [3.63, 3.8) is 0 Å². The average molecular weight is 267 g/mol. The van der Waals surface area contributed by atoms with E-state index in [2.05, 4.69) is 36.2 Å². The molecule has 4 nitrogen and oxygen atoms in total. The largest absolute Gasteiger partial charge is 0.361 e. The number of hydrogen-bond acceptors (Lipinski definition) is 5. The van der Waals surface area contributed by atoms with Crippen LogP contribution < -0.4 is 5.32 Å². The van der Waals surface area contributed by atoms with Crippen molar-refractivity contribution in [2.75, 3.05) is 0 Å². The van der Waals surface area contributed by atoms with Gasteiger partial charge in [0, 0.05) is 10.8 Å². The van der Waals surface area contributed by atoms with Crippen LogP contribution in [0.4, 0.5) is 0 Å². The van der Waals surface area contributed by atoms with Crippen molar-refractivity contribution in [1.82, 2.24) is 10.5 Å². The van der Waals surface area contributed by atoms with Crippen LogP contribution in [0.1, 0.15) is 50.3 Å². The fourth-order valence-corrected chi connectivity index (χ4v) is 3.68. The lowest BCUT2D eigenvalue weighted by molar-refractivity contribution is 0.391. The van der Waals surface area contributed by atoms with E-state index in [1.807, 2.05) is 25.6 Å². The highest BCUT2D eigenvalue weighted by molar-refractivity contribution is 8.14. The minimum atomic E-state index is 0.181. The minimum Gasteiger partial charge on any atom is -0.361 e. The molecule has 0 bridgehead atoms. The first-order valence-electron chi connectivity index (χ1n) is 6.41. The Kier molecular flexibility index (Phi) is 4.00. The molecule has 0 fully saturated rings. The summed E-state index contributed by atoms with van der Waals surface area (Å²) in [5, 5.41) is 9.13. The summed E-state index contributed by atoms with van der Waals surface area (Å²) in [6, 6.07) is 0.584. The topological polar surface area (TPSA) is 50.4 Å². The maximum atomic E-state index is 5.21. The van der Waals surface area contributed by atoms with Gasteiger partial charge in [-0.25, -0.2) is 0 Å². The summed E-state index contributed by atoms with van der Waals surface area (Å²) in [7, 11) is 0. The first kappa shape index (κ1) is 13.5. The molecule has 3 unspecified atom stereocenters. The highest BCUT2D eigenvalue weighted by Crippen LogP contribution is 2.27. The molecule has 1 N–H and O–H groups in total. The molecule has 18 heavy (non-hydrogen) atoms. The normalized spacial score (nSPS) is 25.7. The predicted octanol–water partition coefficient (Wildman–Crippen LogP) is 3.21. The van der Waals surface area contributed by atoms with Crippen LogP contribution in [0.15, 0.2) is 9.52 Å². The van der Waals surface area contributed by atoms with E-state index in [1.54, 1.807) is 0 Å². The minimum absolute atomic E-state index is 0.181. The molecule has 0 aliphatic carbocycles. The number of aromatic nitrogens is 1. The molecular formula is C13H21N3OS. The Balaban J connectivity index is 2.10. The van der Waals surface area contributed by atoms with E-state index in [1.165, 1.54) is 0 Å². The summed E-state index contributed by atoms with van der Waals surface area (Å²) >= 11 is 1.82. The summed E-state index contributed by atoms with van der Waals surface area (Å²) in [6.45, 7) is 10.5. The Labute approximate surface area is 113 Å². The fraction of sp³-hybridized carbons (Fsp3) is 0.692. The lowest BCUT2D eigenvalue weighted by atomic mass is 10.1. The second-order valence-corrected chi connectivity index (χ2v) is 6.48. The maximum Gasteiger partial charge on any atom is 0.157 e. The predicted molar refractivity (Wildman–Crippen MR) is 76.1 cm³/mol. The Bertz CT molecular complexity index is 436. The van der Waals surface area contributed by atoms with E-state index in [9.17, 15) is 0 Å². The molecule has 100 valence electrons. The van der Waals surface area contributed by atoms with Crippen molar-refractivity contribution in [3.8, 4) is 0 Å². The molecule has 0 saturated carbocycles. The molecule has 1 aliphatic rings. The third kappa shape index (κ3) is 2.88. The van der Waals surface area contributed by atoms with Gasteiger partial charge in [0.15, 0.2) is 5.17 Å². The second-order valence-electron chi connectivity index (χ2n) is 5.05. The van der Waals surface area contributed by atoms with Gasteiger partial charge in [0.05, 0.1) is 17.8 Å². The van der Waals surface area contributed by atoms with Gasteiger partial charge in [-0.1, -0.05) is 23.8 Å². The molecule has 1 aromatic heterocycles. The van der Waals surface area contributed by atoms with Crippen LogP contribution in [0.25, 0.3) is 0 Å². The number of hydrogen-bond donors (Lipinski definition) is 1. The van der Waals surface area contributed by atoms with Gasteiger partial charge in [0.25, 0.3) is 0 Å². The van der Waals surface area contributed by atoms with E-state index in [4.69, 9.17) is 4.52 Å². The van der Waals surface area contributed by atoms with Crippen LogP contribution in [0, 0.1) is 13.8 Å². The number of nitrogens with zero attached hydrogens (tertiary/aromatic N) is 2. The summed E-state index contributed by atoms with van der Waals surface area (Å²) < 4.78 is 5.21. The molecule has 1 aromatic rings. The SMILES string of the molecule is Cc1noc(C)c1C(C)NC1=NC(C)CC(C)S1. The number of aliphatic imine (C=N–C) groups is 1. The lowest BCUT2D eigenvalue weighted by Gasteiger charge is -2.25. The Morgan fingerprint density at radius 1 is 1.39 bits per heavy atom. The molecule has 0 amide bonds. The zero-order valence-electron chi connectivity index (χ0n) is 11.7.